The third-order valence-electron chi connectivity index (χ3n) is 9.51. The number of H-pyrrole nitrogens is 2. The zero-order valence-corrected chi connectivity index (χ0v) is 27.4. The summed E-state index contributed by atoms with van der Waals surface area (Å²) in [6, 6.07) is 26.9. The van der Waals surface area contributed by atoms with E-state index in [2.05, 4.69) is 40.3 Å². The fraction of sp³-hybridized carbons (Fsp3) is 0.263. The standard InChI is InChI=1S/C38H36N10O2/c49-35(21-25-9-3-1-4-10-25)47-19-7-13-33(47)37-39-23-31(41-37)29-17-15-27(43-45-29)28-16-18-30(46-44-28)32-24-40-38(42-32)34-14-8-20-48(34)36(50)22-26-11-5-2-6-12-26/h1-6,9-12,15-18,23-24,33-34H,7-8,13-14,19-22H2,(H,39,41)(H,40,42)/t33-,34?/m0/s1. The van der Waals surface area contributed by atoms with Gasteiger partial charge in [0.2, 0.25) is 11.8 Å². The Morgan fingerprint density at radius 3 is 1.36 bits per heavy atom. The number of benzene rings is 2. The first-order chi connectivity index (χ1) is 24.6. The minimum absolute atomic E-state index is 0.0915. The normalized spacial score (nSPS) is 17.4. The first kappa shape index (κ1) is 31.2. The highest BCUT2D eigenvalue weighted by atomic mass is 16.2. The van der Waals surface area contributed by atoms with Gasteiger partial charge < -0.3 is 19.8 Å². The summed E-state index contributed by atoms with van der Waals surface area (Å²) in [7, 11) is 0. The molecule has 8 rings (SSSR count). The van der Waals surface area contributed by atoms with E-state index in [0.29, 0.717) is 35.6 Å². The number of hydrogen-bond acceptors (Lipinski definition) is 8. The second-order valence-electron chi connectivity index (χ2n) is 12.8. The number of carbonyl (C=O) groups excluding carboxylic acids is 2. The van der Waals surface area contributed by atoms with Gasteiger partial charge in [0.25, 0.3) is 0 Å². The maximum absolute atomic E-state index is 13.1. The minimum Gasteiger partial charge on any atom is -0.339 e. The van der Waals surface area contributed by atoms with Gasteiger partial charge in [-0.1, -0.05) is 60.7 Å². The molecule has 12 heteroatoms. The Bertz CT molecular complexity index is 1930. The molecule has 0 aliphatic carbocycles. The SMILES string of the molecule is O=C(Cc1ccccc1)N1CCCC1c1ncc(-c2ccc(-c3ccc(-c4cnc([C@@H]5CCCN5C(=O)Cc5ccccc5)[nH]4)nn3)nn2)[nH]1. The molecule has 2 atom stereocenters. The van der Waals surface area contributed by atoms with Crippen LogP contribution in [0, 0.1) is 0 Å². The van der Waals surface area contributed by atoms with Gasteiger partial charge in [-0.25, -0.2) is 9.97 Å². The molecule has 2 fully saturated rings. The predicted octanol–water partition coefficient (Wildman–Crippen LogP) is 5.53. The Labute approximate surface area is 289 Å². The topological polar surface area (TPSA) is 150 Å². The molecule has 2 N–H and O–H groups in total. The molecule has 4 aromatic heterocycles. The first-order valence-electron chi connectivity index (χ1n) is 17.0. The van der Waals surface area contributed by atoms with Gasteiger partial charge in [0.05, 0.1) is 48.7 Å². The number of amides is 2. The molecule has 250 valence electrons. The molecule has 0 saturated carbocycles. The van der Waals surface area contributed by atoms with Crippen LogP contribution in [0.15, 0.2) is 97.3 Å². The average Bonchev–Trinajstić information content (AvgIpc) is 3.99. The van der Waals surface area contributed by atoms with Crippen molar-refractivity contribution < 1.29 is 9.59 Å². The molecule has 6 heterocycles. The highest BCUT2D eigenvalue weighted by Gasteiger charge is 2.33. The van der Waals surface area contributed by atoms with Crippen LogP contribution < -0.4 is 0 Å². The zero-order valence-electron chi connectivity index (χ0n) is 27.4. The molecule has 1 unspecified atom stereocenters. The number of nitrogens with one attached hydrogen (secondary N) is 2. The molecule has 50 heavy (non-hydrogen) atoms. The van der Waals surface area contributed by atoms with Crippen LogP contribution in [0.3, 0.4) is 0 Å². The second kappa shape index (κ2) is 13.8. The fourth-order valence-corrected chi connectivity index (χ4v) is 6.94. The van der Waals surface area contributed by atoms with Crippen molar-refractivity contribution in [2.24, 2.45) is 0 Å². The molecule has 2 saturated heterocycles. The summed E-state index contributed by atoms with van der Waals surface area (Å²) >= 11 is 0. The fourth-order valence-electron chi connectivity index (χ4n) is 6.94. The van der Waals surface area contributed by atoms with Crippen molar-refractivity contribution in [3.8, 4) is 34.2 Å². The van der Waals surface area contributed by atoms with Crippen LogP contribution in [0.4, 0.5) is 0 Å². The van der Waals surface area contributed by atoms with E-state index < -0.39 is 0 Å². The van der Waals surface area contributed by atoms with Gasteiger partial charge in [0.1, 0.15) is 34.4 Å². The van der Waals surface area contributed by atoms with Gasteiger partial charge in [-0.3, -0.25) is 9.59 Å². The molecular weight excluding hydrogens is 628 g/mol. The lowest BCUT2D eigenvalue weighted by Gasteiger charge is -2.23. The van der Waals surface area contributed by atoms with E-state index in [1.165, 1.54) is 0 Å². The van der Waals surface area contributed by atoms with Crippen LogP contribution in [0.5, 0.6) is 0 Å². The van der Waals surface area contributed by atoms with Crippen LogP contribution in [-0.2, 0) is 22.4 Å². The number of nitrogens with zero attached hydrogens (tertiary/aromatic N) is 8. The third kappa shape index (κ3) is 6.51. The largest absolute Gasteiger partial charge is 0.339 e. The molecule has 2 amide bonds. The van der Waals surface area contributed by atoms with Gasteiger partial charge in [0.15, 0.2) is 0 Å². The molecule has 2 aliphatic heterocycles. The highest BCUT2D eigenvalue weighted by molar-refractivity contribution is 5.80. The van der Waals surface area contributed by atoms with Crippen LogP contribution in [-0.4, -0.2) is 75.0 Å². The quantitative estimate of drug-likeness (QED) is 0.205. The molecule has 0 bridgehead atoms. The number of imidazole rings is 2. The van der Waals surface area contributed by atoms with E-state index >= 15 is 0 Å². The summed E-state index contributed by atoms with van der Waals surface area (Å²) < 4.78 is 0. The van der Waals surface area contributed by atoms with E-state index in [1.54, 1.807) is 12.4 Å². The Morgan fingerprint density at radius 1 is 0.560 bits per heavy atom. The lowest BCUT2D eigenvalue weighted by Crippen LogP contribution is -2.32. The second-order valence-corrected chi connectivity index (χ2v) is 12.8. The Morgan fingerprint density at radius 2 is 0.960 bits per heavy atom. The van der Waals surface area contributed by atoms with Gasteiger partial charge >= 0.3 is 0 Å². The number of carbonyl (C=O) groups is 2. The van der Waals surface area contributed by atoms with Crippen LogP contribution in [0.1, 0.15) is 60.5 Å². The van der Waals surface area contributed by atoms with Crippen molar-refractivity contribution in [2.45, 2.75) is 50.6 Å². The predicted molar refractivity (Wildman–Crippen MR) is 186 cm³/mol. The smallest absolute Gasteiger partial charge is 0.227 e. The van der Waals surface area contributed by atoms with Crippen molar-refractivity contribution in [3.05, 3.63) is 120 Å². The lowest BCUT2D eigenvalue weighted by atomic mass is 10.1. The first-order valence-corrected chi connectivity index (χ1v) is 17.0. The van der Waals surface area contributed by atoms with E-state index in [4.69, 9.17) is 0 Å². The summed E-state index contributed by atoms with van der Waals surface area (Å²) in [5, 5.41) is 17.7. The van der Waals surface area contributed by atoms with E-state index in [9.17, 15) is 9.59 Å². The van der Waals surface area contributed by atoms with Crippen LogP contribution in [0.2, 0.25) is 0 Å². The minimum atomic E-state index is -0.0915. The Balaban J connectivity index is 0.910. The summed E-state index contributed by atoms with van der Waals surface area (Å²) in [5.41, 5.74) is 5.95. The summed E-state index contributed by atoms with van der Waals surface area (Å²) in [6.45, 7) is 1.44. The summed E-state index contributed by atoms with van der Waals surface area (Å²) in [6.07, 6.45) is 7.84. The van der Waals surface area contributed by atoms with Gasteiger partial charge in [-0.05, 0) is 61.1 Å². The number of aromatic nitrogens is 8. The number of hydrogen-bond donors (Lipinski definition) is 2. The average molecular weight is 665 g/mol. The third-order valence-corrected chi connectivity index (χ3v) is 9.51. The summed E-state index contributed by atoms with van der Waals surface area (Å²) in [5.74, 6) is 1.72. The molecule has 12 nitrogen and oxygen atoms in total. The van der Waals surface area contributed by atoms with Crippen LogP contribution in [0.25, 0.3) is 34.2 Å². The van der Waals surface area contributed by atoms with Crippen molar-refractivity contribution in [1.82, 2.24) is 50.1 Å². The van der Waals surface area contributed by atoms with Crippen molar-refractivity contribution in [2.75, 3.05) is 13.1 Å². The number of likely N-dealkylation sites (tertiary alicyclic amines) is 2. The molecule has 6 aromatic rings. The summed E-state index contributed by atoms with van der Waals surface area (Å²) in [4.78, 5) is 46.1. The molecular formula is C38H36N10O2. The van der Waals surface area contributed by atoms with E-state index in [1.807, 2.05) is 94.7 Å². The maximum atomic E-state index is 13.1. The maximum Gasteiger partial charge on any atom is 0.227 e. The Hall–Kier alpha value is -6.04. The van der Waals surface area contributed by atoms with E-state index in [0.717, 1.165) is 72.9 Å². The van der Waals surface area contributed by atoms with Gasteiger partial charge in [-0.2, -0.15) is 0 Å². The zero-order chi connectivity index (χ0) is 33.9. The molecule has 2 aromatic carbocycles. The molecule has 0 spiro atoms. The van der Waals surface area contributed by atoms with Gasteiger partial charge in [0, 0.05) is 13.1 Å². The number of aromatic amines is 2. The lowest BCUT2D eigenvalue weighted by molar-refractivity contribution is -0.132. The van der Waals surface area contributed by atoms with E-state index in [-0.39, 0.29) is 23.9 Å². The number of rotatable bonds is 9. The highest BCUT2D eigenvalue weighted by Crippen LogP contribution is 2.33. The van der Waals surface area contributed by atoms with Crippen molar-refractivity contribution in [3.63, 3.8) is 0 Å². The molecule has 0 radical (unpaired) electrons. The van der Waals surface area contributed by atoms with Crippen molar-refractivity contribution in [1.29, 1.82) is 0 Å². The van der Waals surface area contributed by atoms with Crippen LogP contribution >= 0.6 is 0 Å². The Kier molecular flexibility index (Phi) is 8.64. The molecule has 2 aliphatic rings. The van der Waals surface area contributed by atoms with Gasteiger partial charge in [-0.15, -0.1) is 20.4 Å². The van der Waals surface area contributed by atoms with Crippen molar-refractivity contribution >= 4 is 11.8 Å². The monoisotopic (exact) mass is 664 g/mol.